The number of sulfonamides is 1. The predicted molar refractivity (Wildman–Crippen MR) is 129 cm³/mol. The maximum Gasteiger partial charge on any atom is 0.251 e. The molecule has 184 valence electrons. The molecule has 0 aliphatic carbocycles. The van der Waals surface area contributed by atoms with E-state index < -0.39 is 33.8 Å². The zero-order valence-corrected chi connectivity index (χ0v) is 20.6. The minimum absolute atomic E-state index is 0.00136. The van der Waals surface area contributed by atoms with Gasteiger partial charge in [-0.2, -0.15) is 4.31 Å². The van der Waals surface area contributed by atoms with E-state index in [9.17, 15) is 22.8 Å². The van der Waals surface area contributed by atoms with Crippen molar-refractivity contribution in [2.45, 2.75) is 38.6 Å². The highest BCUT2D eigenvalue weighted by molar-refractivity contribution is 7.89. The van der Waals surface area contributed by atoms with Crippen molar-refractivity contribution in [3.8, 4) is 0 Å². The number of benzene rings is 1. The summed E-state index contributed by atoms with van der Waals surface area (Å²) >= 11 is 0. The number of pyridine rings is 1. The lowest BCUT2D eigenvalue weighted by atomic mass is 10.0. The number of hydrogen-bond acceptors (Lipinski definition) is 6. The summed E-state index contributed by atoms with van der Waals surface area (Å²) in [7, 11) is -3.74. The Balaban J connectivity index is 2.07. The van der Waals surface area contributed by atoms with E-state index in [0.717, 1.165) is 0 Å². The van der Waals surface area contributed by atoms with Crippen LogP contribution in [0.5, 0.6) is 0 Å². The van der Waals surface area contributed by atoms with E-state index in [0.29, 0.717) is 18.8 Å². The molecule has 0 aliphatic rings. The molecule has 0 spiro atoms. The molecule has 2 aromatic rings. The van der Waals surface area contributed by atoms with Gasteiger partial charge in [0.2, 0.25) is 21.8 Å². The van der Waals surface area contributed by atoms with E-state index in [-0.39, 0.29) is 22.9 Å². The fraction of sp³-hybridized carbons (Fsp3) is 0.391. The Morgan fingerprint density at radius 1 is 1.06 bits per heavy atom. The Hall–Kier alpha value is -3.31. The van der Waals surface area contributed by atoms with Gasteiger partial charge < -0.3 is 16.0 Å². The molecule has 10 nitrogen and oxygen atoms in total. The van der Waals surface area contributed by atoms with E-state index in [2.05, 4.69) is 20.9 Å². The molecule has 0 saturated carbocycles. The standard InChI is InChI=1S/C23H31N5O5S/c1-5-28(6-2)34(32,33)19-11-7-9-17(13-19)22(30)27-21(16(3)4)23(31)25-15-20(29)26-18-10-8-12-24-14-18/h7-14,16,21H,5-6,15H2,1-4H3,(H,25,31)(H,26,29)(H,27,30). The first-order chi connectivity index (χ1) is 16.1. The van der Waals surface area contributed by atoms with Gasteiger partial charge in [-0.15, -0.1) is 0 Å². The Morgan fingerprint density at radius 2 is 1.76 bits per heavy atom. The SMILES string of the molecule is CCN(CC)S(=O)(=O)c1cccc(C(=O)NC(C(=O)NCC(=O)Nc2cccnc2)C(C)C)c1. The molecule has 11 heteroatoms. The number of nitrogens with zero attached hydrogens (tertiary/aromatic N) is 2. The minimum Gasteiger partial charge on any atom is -0.345 e. The summed E-state index contributed by atoms with van der Waals surface area (Å²) in [5.41, 5.74) is 0.607. The van der Waals surface area contributed by atoms with Gasteiger partial charge in [-0.05, 0) is 36.2 Å². The first kappa shape index (κ1) is 26.9. The second-order valence-corrected chi connectivity index (χ2v) is 9.76. The van der Waals surface area contributed by atoms with Crippen LogP contribution >= 0.6 is 0 Å². The Labute approximate surface area is 200 Å². The number of carbonyl (C=O) groups is 3. The van der Waals surface area contributed by atoms with E-state index in [1.165, 1.54) is 34.8 Å². The molecule has 2 rings (SSSR count). The Kier molecular flexibility index (Phi) is 9.69. The maximum atomic E-state index is 12.8. The van der Waals surface area contributed by atoms with Gasteiger partial charge in [0.15, 0.2) is 0 Å². The summed E-state index contributed by atoms with van der Waals surface area (Å²) in [4.78, 5) is 41.5. The number of hydrogen-bond donors (Lipinski definition) is 3. The maximum absolute atomic E-state index is 12.8. The van der Waals surface area contributed by atoms with Crippen LogP contribution in [0.3, 0.4) is 0 Å². The van der Waals surface area contributed by atoms with Crippen molar-refractivity contribution < 1.29 is 22.8 Å². The number of anilines is 1. The number of carbonyl (C=O) groups excluding carboxylic acids is 3. The van der Waals surface area contributed by atoms with Crippen molar-refractivity contribution in [3.05, 3.63) is 54.4 Å². The van der Waals surface area contributed by atoms with Crippen molar-refractivity contribution >= 4 is 33.4 Å². The highest BCUT2D eigenvalue weighted by Crippen LogP contribution is 2.17. The monoisotopic (exact) mass is 489 g/mol. The first-order valence-electron chi connectivity index (χ1n) is 11.0. The van der Waals surface area contributed by atoms with Crippen LogP contribution < -0.4 is 16.0 Å². The number of aromatic nitrogens is 1. The van der Waals surface area contributed by atoms with Crippen molar-refractivity contribution in [1.29, 1.82) is 0 Å². The van der Waals surface area contributed by atoms with Gasteiger partial charge in [-0.3, -0.25) is 19.4 Å². The van der Waals surface area contributed by atoms with E-state index >= 15 is 0 Å². The quantitative estimate of drug-likeness (QED) is 0.439. The van der Waals surface area contributed by atoms with Gasteiger partial charge in [-0.25, -0.2) is 8.42 Å². The fourth-order valence-electron chi connectivity index (χ4n) is 3.19. The van der Waals surface area contributed by atoms with Crippen molar-refractivity contribution in [2.75, 3.05) is 25.0 Å². The van der Waals surface area contributed by atoms with Gasteiger partial charge in [-0.1, -0.05) is 33.8 Å². The highest BCUT2D eigenvalue weighted by atomic mass is 32.2. The topological polar surface area (TPSA) is 138 Å². The van der Waals surface area contributed by atoms with Crippen LogP contribution in [0, 0.1) is 5.92 Å². The molecule has 1 unspecified atom stereocenters. The van der Waals surface area contributed by atoms with Gasteiger partial charge in [0.05, 0.1) is 23.3 Å². The van der Waals surface area contributed by atoms with Gasteiger partial charge >= 0.3 is 0 Å². The second kappa shape index (κ2) is 12.2. The average molecular weight is 490 g/mol. The van der Waals surface area contributed by atoms with Crippen LogP contribution in [0.15, 0.2) is 53.7 Å². The third-order valence-electron chi connectivity index (χ3n) is 5.04. The fourth-order valence-corrected chi connectivity index (χ4v) is 4.69. The number of nitrogens with one attached hydrogen (secondary N) is 3. The van der Waals surface area contributed by atoms with Crippen LogP contribution in [0.2, 0.25) is 0 Å². The summed E-state index contributed by atoms with van der Waals surface area (Å²) in [6.45, 7) is 7.30. The molecule has 1 heterocycles. The van der Waals surface area contributed by atoms with Gasteiger partial charge in [0.1, 0.15) is 6.04 Å². The Morgan fingerprint density at radius 3 is 2.35 bits per heavy atom. The third-order valence-corrected chi connectivity index (χ3v) is 7.09. The smallest absolute Gasteiger partial charge is 0.251 e. The normalized spacial score (nSPS) is 12.3. The van der Waals surface area contributed by atoms with Gasteiger partial charge in [0.25, 0.3) is 5.91 Å². The molecule has 1 atom stereocenters. The highest BCUT2D eigenvalue weighted by Gasteiger charge is 2.27. The van der Waals surface area contributed by atoms with Crippen LogP contribution in [0.1, 0.15) is 38.1 Å². The summed E-state index contributed by atoms with van der Waals surface area (Å²) in [6.07, 6.45) is 3.05. The molecule has 1 aromatic carbocycles. The summed E-state index contributed by atoms with van der Waals surface area (Å²) in [5, 5.41) is 7.77. The Bertz CT molecular complexity index is 1100. The van der Waals surface area contributed by atoms with Crippen molar-refractivity contribution in [3.63, 3.8) is 0 Å². The molecular formula is C23H31N5O5S. The molecule has 0 fully saturated rings. The molecule has 3 N–H and O–H groups in total. The third kappa shape index (κ3) is 7.09. The summed E-state index contributed by atoms with van der Waals surface area (Å²) in [5.74, 6) is -1.85. The van der Waals surface area contributed by atoms with Crippen molar-refractivity contribution in [1.82, 2.24) is 19.9 Å². The lowest BCUT2D eigenvalue weighted by Crippen LogP contribution is -2.51. The molecule has 34 heavy (non-hydrogen) atoms. The molecule has 0 radical (unpaired) electrons. The van der Waals surface area contributed by atoms with Crippen LogP contribution in [0.4, 0.5) is 5.69 Å². The average Bonchev–Trinajstić information content (AvgIpc) is 2.82. The predicted octanol–water partition coefficient (Wildman–Crippen LogP) is 1.62. The second-order valence-electron chi connectivity index (χ2n) is 7.82. The van der Waals surface area contributed by atoms with E-state index in [1.807, 2.05) is 0 Å². The summed E-state index contributed by atoms with van der Waals surface area (Å²) < 4.78 is 26.8. The van der Waals surface area contributed by atoms with E-state index in [1.54, 1.807) is 46.0 Å². The molecule has 0 saturated heterocycles. The molecule has 0 aliphatic heterocycles. The zero-order valence-electron chi connectivity index (χ0n) is 19.7. The largest absolute Gasteiger partial charge is 0.345 e. The number of rotatable bonds is 11. The number of amides is 3. The minimum atomic E-state index is -3.74. The summed E-state index contributed by atoms with van der Waals surface area (Å²) in [6, 6.07) is 8.09. The van der Waals surface area contributed by atoms with Crippen molar-refractivity contribution in [2.24, 2.45) is 5.92 Å². The van der Waals surface area contributed by atoms with Crippen LogP contribution in [-0.4, -0.2) is 61.1 Å². The van der Waals surface area contributed by atoms with E-state index in [4.69, 9.17) is 0 Å². The lowest BCUT2D eigenvalue weighted by molar-refractivity contribution is -0.126. The van der Waals surface area contributed by atoms with Crippen LogP contribution in [-0.2, 0) is 19.6 Å². The molecule has 0 bridgehead atoms. The molecule has 3 amide bonds. The van der Waals surface area contributed by atoms with Gasteiger partial charge in [0, 0.05) is 24.8 Å². The molecule has 1 aromatic heterocycles. The zero-order chi connectivity index (χ0) is 25.3. The first-order valence-corrected chi connectivity index (χ1v) is 12.4. The lowest BCUT2D eigenvalue weighted by Gasteiger charge is -2.22. The van der Waals surface area contributed by atoms with Crippen LogP contribution in [0.25, 0.3) is 0 Å². The molecular weight excluding hydrogens is 458 g/mol.